The van der Waals surface area contributed by atoms with E-state index in [9.17, 15) is 19.5 Å². The summed E-state index contributed by atoms with van der Waals surface area (Å²) in [6.07, 6.45) is 2.01. The number of ether oxygens (including phenoxy) is 1. The SMILES string of the molecule is CC1=C(C(=O)O)C(c2ccccn2)N(CCCN(C)C(=O)c2ccc(Oc3ccccc3)cc2)C(=O)N1. The number of urea groups is 1. The summed E-state index contributed by atoms with van der Waals surface area (Å²) < 4.78 is 5.78. The molecule has 0 fully saturated rings. The topological polar surface area (TPSA) is 112 Å². The minimum Gasteiger partial charge on any atom is -0.478 e. The summed E-state index contributed by atoms with van der Waals surface area (Å²) in [5.74, 6) is 0.0444. The average molecular weight is 501 g/mol. The van der Waals surface area contributed by atoms with E-state index in [1.54, 1.807) is 67.5 Å². The molecule has 1 aromatic heterocycles. The lowest BCUT2D eigenvalue weighted by Crippen LogP contribution is -2.49. The van der Waals surface area contributed by atoms with Crippen molar-refractivity contribution in [1.82, 2.24) is 20.1 Å². The van der Waals surface area contributed by atoms with Crippen molar-refractivity contribution in [3.63, 3.8) is 0 Å². The number of hydrogen-bond acceptors (Lipinski definition) is 5. The van der Waals surface area contributed by atoms with Crippen LogP contribution in [0.2, 0.25) is 0 Å². The zero-order chi connectivity index (χ0) is 26.4. The van der Waals surface area contributed by atoms with Gasteiger partial charge in [0, 0.05) is 37.6 Å². The third-order valence-electron chi connectivity index (χ3n) is 6.06. The van der Waals surface area contributed by atoms with Gasteiger partial charge in [-0.15, -0.1) is 0 Å². The molecule has 3 amide bonds. The van der Waals surface area contributed by atoms with Gasteiger partial charge in [0.2, 0.25) is 0 Å². The molecule has 3 aromatic rings. The minimum absolute atomic E-state index is 0.0699. The molecule has 0 saturated heterocycles. The standard InChI is InChI=1S/C28H28N4O5/c1-19-24(27(34)35)25(23-11-6-7-16-29-23)32(28(36)30-19)18-8-17-31(2)26(33)20-12-14-22(15-13-20)37-21-9-4-3-5-10-21/h3-7,9-16,25H,8,17-18H2,1-2H3,(H,30,36)(H,34,35). The molecular formula is C28H28N4O5. The number of carboxylic acids is 1. The molecule has 1 aliphatic heterocycles. The van der Waals surface area contributed by atoms with Crippen LogP contribution in [0.1, 0.15) is 35.4 Å². The maximum Gasteiger partial charge on any atom is 0.335 e. The van der Waals surface area contributed by atoms with E-state index in [1.165, 1.54) is 4.90 Å². The molecule has 1 unspecified atom stereocenters. The molecule has 37 heavy (non-hydrogen) atoms. The summed E-state index contributed by atoms with van der Waals surface area (Å²) in [5.41, 5.74) is 1.34. The zero-order valence-electron chi connectivity index (χ0n) is 20.6. The van der Waals surface area contributed by atoms with Crippen LogP contribution in [0.3, 0.4) is 0 Å². The number of rotatable bonds is 9. The molecule has 0 radical (unpaired) electrons. The maximum absolute atomic E-state index is 12.9. The summed E-state index contributed by atoms with van der Waals surface area (Å²) in [4.78, 5) is 45.1. The zero-order valence-corrected chi connectivity index (χ0v) is 20.6. The number of aliphatic carboxylic acids is 1. The van der Waals surface area contributed by atoms with Crippen LogP contribution in [0.4, 0.5) is 4.79 Å². The molecule has 4 rings (SSSR count). The monoisotopic (exact) mass is 500 g/mol. The first kappa shape index (κ1) is 25.4. The van der Waals surface area contributed by atoms with E-state index in [0.29, 0.717) is 35.7 Å². The van der Waals surface area contributed by atoms with Gasteiger partial charge in [-0.2, -0.15) is 0 Å². The van der Waals surface area contributed by atoms with Gasteiger partial charge in [0.15, 0.2) is 0 Å². The summed E-state index contributed by atoms with van der Waals surface area (Å²) in [5, 5.41) is 12.5. The normalized spacial score (nSPS) is 15.2. The molecular weight excluding hydrogens is 472 g/mol. The number of aromatic nitrogens is 1. The molecule has 2 N–H and O–H groups in total. The lowest BCUT2D eigenvalue weighted by Gasteiger charge is -2.37. The quantitative estimate of drug-likeness (QED) is 0.449. The highest BCUT2D eigenvalue weighted by Crippen LogP contribution is 2.32. The number of amides is 3. The number of para-hydroxylation sites is 1. The Morgan fingerprint density at radius 3 is 2.35 bits per heavy atom. The molecule has 1 aliphatic rings. The average Bonchev–Trinajstić information content (AvgIpc) is 2.90. The van der Waals surface area contributed by atoms with Crippen LogP contribution in [0.15, 0.2) is 90.3 Å². The second-order valence-corrected chi connectivity index (χ2v) is 8.64. The Bertz CT molecular complexity index is 1290. The van der Waals surface area contributed by atoms with E-state index < -0.39 is 18.0 Å². The Kier molecular flexibility index (Phi) is 7.83. The van der Waals surface area contributed by atoms with Crippen LogP contribution in [-0.4, -0.2) is 57.9 Å². The molecule has 9 nitrogen and oxygen atoms in total. The van der Waals surface area contributed by atoms with Gasteiger partial charge in [-0.05, 0) is 61.9 Å². The van der Waals surface area contributed by atoms with Crippen LogP contribution in [0.25, 0.3) is 0 Å². The number of benzene rings is 2. The predicted molar refractivity (Wildman–Crippen MR) is 137 cm³/mol. The van der Waals surface area contributed by atoms with Crippen LogP contribution in [0.5, 0.6) is 11.5 Å². The minimum atomic E-state index is -1.12. The Morgan fingerprint density at radius 2 is 1.70 bits per heavy atom. The number of nitrogens with zero attached hydrogens (tertiary/aromatic N) is 3. The number of hydrogen-bond donors (Lipinski definition) is 2. The highest BCUT2D eigenvalue weighted by atomic mass is 16.5. The molecule has 9 heteroatoms. The van der Waals surface area contributed by atoms with Crippen LogP contribution in [-0.2, 0) is 4.79 Å². The molecule has 0 spiro atoms. The number of pyridine rings is 1. The van der Waals surface area contributed by atoms with Gasteiger partial charge in [0.25, 0.3) is 5.91 Å². The number of allylic oxidation sites excluding steroid dienone is 1. The van der Waals surface area contributed by atoms with Crippen molar-refractivity contribution in [3.05, 3.63) is 102 Å². The Morgan fingerprint density at radius 1 is 1.03 bits per heavy atom. The third-order valence-corrected chi connectivity index (χ3v) is 6.06. The number of carbonyl (C=O) groups is 3. The first-order chi connectivity index (χ1) is 17.8. The van der Waals surface area contributed by atoms with Crippen molar-refractivity contribution in [2.45, 2.75) is 19.4 Å². The van der Waals surface area contributed by atoms with E-state index in [-0.39, 0.29) is 23.7 Å². The molecule has 2 heterocycles. The van der Waals surface area contributed by atoms with E-state index >= 15 is 0 Å². The molecule has 1 atom stereocenters. The fourth-order valence-electron chi connectivity index (χ4n) is 4.22. The van der Waals surface area contributed by atoms with Crippen LogP contribution >= 0.6 is 0 Å². The Hall–Kier alpha value is -4.66. The van der Waals surface area contributed by atoms with Crippen LogP contribution in [0, 0.1) is 0 Å². The summed E-state index contributed by atoms with van der Waals surface area (Å²) in [6, 6.07) is 20.2. The van der Waals surface area contributed by atoms with Crippen molar-refractivity contribution < 1.29 is 24.2 Å². The summed E-state index contributed by atoms with van der Waals surface area (Å²) >= 11 is 0. The number of carboxylic acid groups (broad SMARTS) is 1. The van der Waals surface area contributed by atoms with Gasteiger partial charge < -0.3 is 25.0 Å². The van der Waals surface area contributed by atoms with Gasteiger partial charge in [0.05, 0.1) is 11.3 Å². The van der Waals surface area contributed by atoms with Gasteiger partial charge in [0.1, 0.15) is 17.5 Å². The Balaban J connectivity index is 1.40. The van der Waals surface area contributed by atoms with Gasteiger partial charge >= 0.3 is 12.0 Å². The predicted octanol–water partition coefficient (Wildman–Crippen LogP) is 4.46. The fraction of sp³-hybridized carbons (Fsp3) is 0.214. The highest BCUT2D eigenvalue weighted by molar-refractivity contribution is 5.94. The maximum atomic E-state index is 12.9. The molecule has 0 aliphatic carbocycles. The lowest BCUT2D eigenvalue weighted by atomic mass is 9.97. The molecule has 0 saturated carbocycles. The second-order valence-electron chi connectivity index (χ2n) is 8.64. The van der Waals surface area contributed by atoms with E-state index in [2.05, 4.69) is 10.3 Å². The first-order valence-electron chi connectivity index (χ1n) is 11.9. The number of carbonyl (C=O) groups excluding carboxylic acids is 2. The van der Waals surface area contributed by atoms with Crippen molar-refractivity contribution in [2.24, 2.45) is 0 Å². The highest BCUT2D eigenvalue weighted by Gasteiger charge is 2.38. The molecule has 0 bridgehead atoms. The van der Waals surface area contributed by atoms with Crippen LogP contribution < -0.4 is 10.1 Å². The van der Waals surface area contributed by atoms with E-state index in [1.807, 2.05) is 30.3 Å². The number of nitrogens with one attached hydrogen (secondary N) is 1. The van der Waals surface area contributed by atoms with Gasteiger partial charge in [-0.25, -0.2) is 9.59 Å². The van der Waals surface area contributed by atoms with E-state index in [4.69, 9.17) is 4.74 Å². The largest absolute Gasteiger partial charge is 0.478 e. The second kappa shape index (κ2) is 11.4. The summed E-state index contributed by atoms with van der Waals surface area (Å²) in [7, 11) is 1.69. The van der Waals surface area contributed by atoms with Crippen molar-refractivity contribution in [1.29, 1.82) is 0 Å². The third kappa shape index (κ3) is 5.95. The molecule has 190 valence electrons. The Labute approximate surface area is 215 Å². The lowest BCUT2D eigenvalue weighted by molar-refractivity contribution is -0.133. The van der Waals surface area contributed by atoms with Crippen molar-refractivity contribution >= 4 is 17.9 Å². The van der Waals surface area contributed by atoms with E-state index in [0.717, 1.165) is 0 Å². The smallest absolute Gasteiger partial charge is 0.335 e. The fourth-order valence-corrected chi connectivity index (χ4v) is 4.22. The van der Waals surface area contributed by atoms with Gasteiger partial charge in [-0.3, -0.25) is 9.78 Å². The molecule has 2 aromatic carbocycles. The van der Waals surface area contributed by atoms with Crippen molar-refractivity contribution in [2.75, 3.05) is 20.1 Å². The van der Waals surface area contributed by atoms with Gasteiger partial charge in [-0.1, -0.05) is 24.3 Å². The summed E-state index contributed by atoms with van der Waals surface area (Å²) in [6.45, 7) is 2.17. The first-order valence-corrected chi connectivity index (χ1v) is 11.9. The van der Waals surface area contributed by atoms with Crippen molar-refractivity contribution in [3.8, 4) is 11.5 Å².